The molecule has 2 aromatic carbocycles. The molecule has 0 spiro atoms. The van der Waals surface area contributed by atoms with Crippen LogP contribution < -0.4 is 0 Å². The number of aryl methyl sites for hydroxylation is 2. The summed E-state index contributed by atoms with van der Waals surface area (Å²) >= 11 is 0. The molecule has 0 amide bonds. The third-order valence-corrected chi connectivity index (χ3v) is 5.68. The summed E-state index contributed by atoms with van der Waals surface area (Å²) in [6, 6.07) is 16.9. The normalized spacial score (nSPS) is 24.5. The van der Waals surface area contributed by atoms with Crippen molar-refractivity contribution in [1.29, 1.82) is 0 Å². The SMILES string of the molecule is Cc1ccc(C)c(CC2(O)/C(=C\c3ccccc3)CCC2CN(C)C)c1. The zero-order valence-electron chi connectivity index (χ0n) is 16.5. The van der Waals surface area contributed by atoms with Crippen LogP contribution in [0.3, 0.4) is 0 Å². The van der Waals surface area contributed by atoms with Gasteiger partial charge < -0.3 is 10.0 Å². The van der Waals surface area contributed by atoms with E-state index in [4.69, 9.17) is 0 Å². The van der Waals surface area contributed by atoms with Gasteiger partial charge in [-0.2, -0.15) is 0 Å². The molecule has 1 N–H and O–H groups in total. The van der Waals surface area contributed by atoms with Crippen LogP contribution in [0.5, 0.6) is 0 Å². The third kappa shape index (κ3) is 4.08. The van der Waals surface area contributed by atoms with Gasteiger partial charge in [-0.15, -0.1) is 0 Å². The highest BCUT2D eigenvalue weighted by Crippen LogP contribution is 2.44. The monoisotopic (exact) mass is 349 g/mol. The number of hydrogen-bond acceptors (Lipinski definition) is 2. The smallest absolute Gasteiger partial charge is 0.0940 e. The first-order valence-corrected chi connectivity index (χ1v) is 9.58. The van der Waals surface area contributed by atoms with E-state index in [0.717, 1.165) is 19.4 Å². The molecule has 0 saturated heterocycles. The molecular formula is C24H31NO. The minimum atomic E-state index is -0.779. The van der Waals surface area contributed by atoms with Crippen LogP contribution in [0.2, 0.25) is 0 Å². The molecule has 138 valence electrons. The van der Waals surface area contributed by atoms with Crippen molar-refractivity contribution in [3.8, 4) is 0 Å². The topological polar surface area (TPSA) is 23.5 Å². The Bertz CT molecular complexity index is 778. The van der Waals surface area contributed by atoms with E-state index in [2.05, 4.69) is 81.4 Å². The quantitative estimate of drug-likeness (QED) is 0.850. The molecule has 0 bridgehead atoms. The van der Waals surface area contributed by atoms with Crippen molar-refractivity contribution in [3.05, 3.63) is 76.4 Å². The highest BCUT2D eigenvalue weighted by atomic mass is 16.3. The molecule has 3 rings (SSSR count). The summed E-state index contributed by atoms with van der Waals surface area (Å²) < 4.78 is 0. The Morgan fingerprint density at radius 3 is 2.54 bits per heavy atom. The fourth-order valence-electron chi connectivity index (χ4n) is 4.22. The number of hydrogen-bond donors (Lipinski definition) is 1. The Kier molecular flexibility index (Phi) is 5.64. The van der Waals surface area contributed by atoms with Crippen LogP contribution in [-0.2, 0) is 6.42 Å². The van der Waals surface area contributed by atoms with Crippen molar-refractivity contribution in [3.63, 3.8) is 0 Å². The Hall–Kier alpha value is -1.90. The lowest BCUT2D eigenvalue weighted by atomic mass is 9.80. The van der Waals surface area contributed by atoms with Crippen molar-refractivity contribution < 1.29 is 5.11 Å². The maximum absolute atomic E-state index is 11.9. The number of nitrogens with zero attached hydrogens (tertiary/aromatic N) is 1. The van der Waals surface area contributed by atoms with Crippen molar-refractivity contribution >= 4 is 6.08 Å². The van der Waals surface area contributed by atoms with E-state index in [1.54, 1.807) is 0 Å². The van der Waals surface area contributed by atoms with Gasteiger partial charge in [0.1, 0.15) is 0 Å². The fraction of sp³-hybridized carbons (Fsp3) is 0.417. The predicted octanol–water partition coefficient (Wildman–Crippen LogP) is 4.63. The predicted molar refractivity (Wildman–Crippen MR) is 110 cm³/mol. The lowest BCUT2D eigenvalue weighted by Gasteiger charge is -2.34. The summed E-state index contributed by atoms with van der Waals surface area (Å²) in [7, 11) is 4.19. The zero-order chi connectivity index (χ0) is 18.7. The molecule has 1 saturated carbocycles. The Labute approximate surface area is 158 Å². The fourth-order valence-corrected chi connectivity index (χ4v) is 4.22. The number of rotatable bonds is 5. The van der Waals surface area contributed by atoms with Gasteiger partial charge in [-0.25, -0.2) is 0 Å². The molecular weight excluding hydrogens is 318 g/mol. The van der Waals surface area contributed by atoms with Crippen molar-refractivity contribution in [2.24, 2.45) is 5.92 Å². The van der Waals surface area contributed by atoms with Gasteiger partial charge in [0, 0.05) is 18.9 Å². The van der Waals surface area contributed by atoms with Gasteiger partial charge in [-0.05, 0) is 63.0 Å². The summed E-state index contributed by atoms with van der Waals surface area (Å²) in [4.78, 5) is 2.20. The summed E-state index contributed by atoms with van der Waals surface area (Å²) in [5.41, 5.74) is 5.35. The Morgan fingerprint density at radius 1 is 1.12 bits per heavy atom. The first-order valence-electron chi connectivity index (χ1n) is 9.58. The van der Waals surface area contributed by atoms with Gasteiger partial charge in [0.25, 0.3) is 0 Å². The summed E-state index contributed by atoms with van der Waals surface area (Å²) in [6.45, 7) is 5.18. The zero-order valence-corrected chi connectivity index (χ0v) is 16.5. The summed E-state index contributed by atoms with van der Waals surface area (Å²) in [6.07, 6.45) is 4.91. The van der Waals surface area contributed by atoms with Crippen molar-refractivity contribution in [2.75, 3.05) is 20.6 Å². The van der Waals surface area contributed by atoms with Crippen LogP contribution in [0, 0.1) is 19.8 Å². The maximum atomic E-state index is 11.9. The molecule has 1 fully saturated rings. The van der Waals surface area contributed by atoms with E-state index >= 15 is 0 Å². The number of aliphatic hydroxyl groups is 1. The van der Waals surface area contributed by atoms with Gasteiger partial charge in [0.2, 0.25) is 0 Å². The third-order valence-electron chi connectivity index (χ3n) is 5.68. The molecule has 26 heavy (non-hydrogen) atoms. The molecule has 0 aliphatic heterocycles. The second kappa shape index (κ2) is 7.77. The lowest BCUT2D eigenvalue weighted by molar-refractivity contribution is 0.0256. The maximum Gasteiger partial charge on any atom is 0.0940 e. The summed E-state index contributed by atoms with van der Waals surface area (Å²) in [5.74, 6) is 0.257. The van der Waals surface area contributed by atoms with Gasteiger partial charge in [-0.3, -0.25) is 0 Å². The highest BCUT2D eigenvalue weighted by Gasteiger charge is 2.45. The standard InChI is InChI=1S/C24H31NO/c1-18-10-11-19(2)21(14-18)16-24(26)22(12-13-23(24)17-25(3)4)15-20-8-6-5-7-9-20/h5-11,14-15,23,26H,12-13,16-17H2,1-4H3/b22-15-. The van der Waals surface area contributed by atoms with E-state index in [9.17, 15) is 5.11 Å². The van der Waals surface area contributed by atoms with E-state index < -0.39 is 5.60 Å². The molecule has 1 aliphatic rings. The van der Waals surface area contributed by atoms with Gasteiger partial charge in [0.15, 0.2) is 0 Å². The average Bonchev–Trinajstić information content (AvgIpc) is 2.88. The molecule has 2 unspecified atom stereocenters. The molecule has 2 aromatic rings. The van der Waals surface area contributed by atoms with Crippen LogP contribution in [0.25, 0.3) is 6.08 Å². The number of benzene rings is 2. The Morgan fingerprint density at radius 2 is 1.85 bits per heavy atom. The lowest BCUT2D eigenvalue weighted by Crippen LogP contribution is -2.42. The largest absolute Gasteiger partial charge is 0.385 e. The average molecular weight is 350 g/mol. The van der Waals surface area contributed by atoms with Crippen LogP contribution >= 0.6 is 0 Å². The van der Waals surface area contributed by atoms with Gasteiger partial charge in [-0.1, -0.05) is 60.2 Å². The molecule has 2 heteroatoms. The van der Waals surface area contributed by atoms with Crippen molar-refractivity contribution in [1.82, 2.24) is 4.90 Å². The van der Waals surface area contributed by atoms with E-state index in [1.807, 2.05) is 6.07 Å². The van der Waals surface area contributed by atoms with Gasteiger partial charge in [0.05, 0.1) is 5.60 Å². The molecule has 1 aliphatic carbocycles. The minimum Gasteiger partial charge on any atom is -0.385 e. The van der Waals surface area contributed by atoms with E-state index in [0.29, 0.717) is 6.42 Å². The van der Waals surface area contributed by atoms with Crippen LogP contribution in [-0.4, -0.2) is 36.2 Å². The van der Waals surface area contributed by atoms with Crippen LogP contribution in [0.4, 0.5) is 0 Å². The first kappa shape index (κ1) is 18.9. The highest BCUT2D eigenvalue weighted by molar-refractivity contribution is 5.57. The first-order chi connectivity index (χ1) is 12.4. The molecule has 2 atom stereocenters. The second-order valence-electron chi connectivity index (χ2n) is 8.11. The molecule has 2 nitrogen and oxygen atoms in total. The van der Waals surface area contributed by atoms with Gasteiger partial charge >= 0.3 is 0 Å². The van der Waals surface area contributed by atoms with Crippen LogP contribution in [0.1, 0.15) is 35.1 Å². The second-order valence-corrected chi connectivity index (χ2v) is 8.11. The molecule has 0 aromatic heterocycles. The minimum absolute atomic E-state index is 0.257. The molecule has 0 heterocycles. The molecule has 0 radical (unpaired) electrons. The summed E-state index contributed by atoms with van der Waals surface area (Å²) in [5, 5.41) is 11.9. The van der Waals surface area contributed by atoms with E-state index in [-0.39, 0.29) is 5.92 Å². The van der Waals surface area contributed by atoms with Crippen molar-refractivity contribution in [2.45, 2.75) is 38.7 Å². The Balaban J connectivity index is 1.99. The van der Waals surface area contributed by atoms with Crippen LogP contribution in [0.15, 0.2) is 54.1 Å². The van der Waals surface area contributed by atoms with E-state index in [1.165, 1.54) is 27.8 Å².